The number of hydrogen-bond donors (Lipinski definition) is 2. The quantitative estimate of drug-likeness (QED) is 0.708. The molecule has 0 heterocycles. The van der Waals surface area contributed by atoms with E-state index < -0.39 is 5.97 Å². The first-order valence-electron chi connectivity index (χ1n) is 6.43. The van der Waals surface area contributed by atoms with Crippen molar-refractivity contribution in [2.75, 3.05) is 6.61 Å². The first-order valence-corrected chi connectivity index (χ1v) is 6.43. The Morgan fingerprint density at radius 2 is 2.00 bits per heavy atom. The molecule has 0 saturated carbocycles. The van der Waals surface area contributed by atoms with Crippen LogP contribution in [0.2, 0.25) is 0 Å². The van der Waals surface area contributed by atoms with Crippen molar-refractivity contribution in [1.82, 2.24) is 0 Å². The number of aliphatic hydroxyl groups excluding tert-OH is 1. The molecule has 0 saturated heterocycles. The van der Waals surface area contributed by atoms with Crippen LogP contribution >= 0.6 is 0 Å². The molecular weight excluding hydrogens is 244 g/mol. The third-order valence-corrected chi connectivity index (χ3v) is 2.64. The van der Waals surface area contributed by atoms with Gasteiger partial charge in [-0.3, -0.25) is 0 Å². The van der Waals surface area contributed by atoms with Crippen molar-refractivity contribution in [2.45, 2.75) is 32.3 Å². The smallest absolute Gasteiger partial charge is 0.328 e. The van der Waals surface area contributed by atoms with Gasteiger partial charge in [-0.2, -0.15) is 0 Å². The van der Waals surface area contributed by atoms with Gasteiger partial charge in [0.2, 0.25) is 0 Å². The molecule has 0 aliphatic heterocycles. The van der Waals surface area contributed by atoms with Crippen LogP contribution in [0.1, 0.15) is 31.7 Å². The van der Waals surface area contributed by atoms with Gasteiger partial charge in [0, 0.05) is 12.5 Å². The average Bonchev–Trinajstić information content (AvgIpc) is 2.38. The van der Waals surface area contributed by atoms with E-state index in [0.717, 1.165) is 30.2 Å². The molecule has 1 rings (SSSR count). The highest BCUT2D eigenvalue weighted by Crippen LogP contribution is 2.14. The SMILES string of the molecule is CCCC(O)CCOc1ccc(/C=C/C(=O)O)cc1. The van der Waals surface area contributed by atoms with Gasteiger partial charge in [-0.25, -0.2) is 4.79 Å². The first-order chi connectivity index (χ1) is 9.11. The van der Waals surface area contributed by atoms with Crippen molar-refractivity contribution in [3.05, 3.63) is 35.9 Å². The van der Waals surface area contributed by atoms with E-state index >= 15 is 0 Å². The van der Waals surface area contributed by atoms with E-state index in [1.54, 1.807) is 24.3 Å². The molecule has 104 valence electrons. The minimum atomic E-state index is -0.967. The van der Waals surface area contributed by atoms with Crippen LogP contribution in [0.3, 0.4) is 0 Å². The Bertz CT molecular complexity index is 409. The maximum absolute atomic E-state index is 10.4. The van der Waals surface area contributed by atoms with Gasteiger partial charge in [0.15, 0.2) is 0 Å². The molecule has 1 aromatic rings. The number of aliphatic carboxylic acids is 1. The topological polar surface area (TPSA) is 66.8 Å². The molecule has 2 N–H and O–H groups in total. The van der Waals surface area contributed by atoms with E-state index in [4.69, 9.17) is 9.84 Å². The molecule has 1 aromatic carbocycles. The Labute approximate surface area is 113 Å². The van der Waals surface area contributed by atoms with E-state index in [9.17, 15) is 9.90 Å². The largest absolute Gasteiger partial charge is 0.493 e. The van der Waals surface area contributed by atoms with Crippen LogP contribution < -0.4 is 4.74 Å². The fourth-order valence-electron chi connectivity index (χ4n) is 1.63. The zero-order valence-electron chi connectivity index (χ0n) is 11.1. The zero-order chi connectivity index (χ0) is 14.1. The van der Waals surface area contributed by atoms with Gasteiger partial charge in [0.05, 0.1) is 12.7 Å². The van der Waals surface area contributed by atoms with Crippen LogP contribution in [0.5, 0.6) is 5.75 Å². The fraction of sp³-hybridized carbons (Fsp3) is 0.400. The summed E-state index contributed by atoms with van der Waals surface area (Å²) in [7, 11) is 0. The number of carbonyl (C=O) groups is 1. The summed E-state index contributed by atoms with van der Waals surface area (Å²) in [6, 6.07) is 7.15. The normalized spacial score (nSPS) is 12.5. The lowest BCUT2D eigenvalue weighted by atomic mass is 10.1. The van der Waals surface area contributed by atoms with Crippen LogP contribution in [0.15, 0.2) is 30.3 Å². The molecule has 1 unspecified atom stereocenters. The summed E-state index contributed by atoms with van der Waals surface area (Å²) in [4.78, 5) is 10.4. The van der Waals surface area contributed by atoms with Gasteiger partial charge in [-0.1, -0.05) is 25.5 Å². The fourth-order valence-corrected chi connectivity index (χ4v) is 1.63. The van der Waals surface area contributed by atoms with Gasteiger partial charge < -0.3 is 14.9 Å². The molecule has 0 spiro atoms. The highest BCUT2D eigenvalue weighted by Gasteiger charge is 2.02. The van der Waals surface area contributed by atoms with E-state index in [-0.39, 0.29) is 6.10 Å². The van der Waals surface area contributed by atoms with Gasteiger partial charge >= 0.3 is 5.97 Å². The standard InChI is InChI=1S/C15H20O4/c1-2-3-13(16)10-11-19-14-7-4-12(5-8-14)6-9-15(17)18/h4-9,13,16H,2-3,10-11H2,1H3,(H,17,18)/b9-6+. The minimum absolute atomic E-state index is 0.303. The lowest BCUT2D eigenvalue weighted by Crippen LogP contribution is -2.11. The molecule has 0 aliphatic rings. The summed E-state index contributed by atoms with van der Waals surface area (Å²) in [5.41, 5.74) is 0.806. The van der Waals surface area contributed by atoms with Crippen molar-refractivity contribution in [3.63, 3.8) is 0 Å². The molecule has 0 bridgehead atoms. The monoisotopic (exact) mass is 264 g/mol. The summed E-state index contributed by atoms with van der Waals surface area (Å²) in [5, 5.41) is 18.1. The van der Waals surface area contributed by atoms with E-state index in [1.807, 2.05) is 6.92 Å². The summed E-state index contributed by atoms with van der Waals surface area (Å²) in [6.07, 6.45) is 4.69. The van der Waals surface area contributed by atoms with Crippen LogP contribution in [-0.2, 0) is 4.79 Å². The zero-order valence-corrected chi connectivity index (χ0v) is 11.1. The third kappa shape index (κ3) is 6.62. The van der Waals surface area contributed by atoms with Crippen LogP contribution in [0.25, 0.3) is 6.08 Å². The maximum atomic E-state index is 10.4. The minimum Gasteiger partial charge on any atom is -0.493 e. The molecule has 0 aliphatic carbocycles. The number of ether oxygens (including phenoxy) is 1. The molecule has 0 radical (unpaired) electrons. The Balaban J connectivity index is 2.38. The average molecular weight is 264 g/mol. The summed E-state index contributed by atoms with van der Waals surface area (Å²) in [6.45, 7) is 2.51. The molecule has 4 nitrogen and oxygen atoms in total. The molecule has 0 amide bonds. The van der Waals surface area contributed by atoms with Crippen molar-refractivity contribution < 1.29 is 19.7 Å². The molecule has 0 aromatic heterocycles. The summed E-state index contributed by atoms with van der Waals surface area (Å²) < 4.78 is 5.50. The van der Waals surface area contributed by atoms with Gasteiger partial charge in [-0.05, 0) is 30.2 Å². The van der Waals surface area contributed by atoms with Crippen molar-refractivity contribution in [1.29, 1.82) is 0 Å². The van der Waals surface area contributed by atoms with Crippen LogP contribution in [-0.4, -0.2) is 28.9 Å². The number of carboxylic acids is 1. The van der Waals surface area contributed by atoms with E-state index in [0.29, 0.717) is 13.0 Å². The summed E-state index contributed by atoms with van der Waals surface area (Å²) in [5.74, 6) is -0.249. The second-order valence-electron chi connectivity index (χ2n) is 4.32. The second-order valence-corrected chi connectivity index (χ2v) is 4.32. The van der Waals surface area contributed by atoms with Crippen LogP contribution in [0.4, 0.5) is 0 Å². The van der Waals surface area contributed by atoms with Crippen molar-refractivity contribution in [2.24, 2.45) is 0 Å². The molecule has 4 heteroatoms. The highest BCUT2D eigenvalue weighted by molar-refractivity contribution is 5.85. The third-order valence-electron chi connectivity index (χ3n) is 2.64. The van der Waals surface area contributed by atoms with E-state index in [1.165, 1.54) is 6.08 Å². The predicted octanol–water partition coefficient (Wildman–Crippen LogP) is 2.71. The first kappa shape index (κ1) is 15.2. The molecule has 1 atom stereocenters. The Morgan fingerprint density at radius 1 is 1.32 bits per heavy atom. The van der Waals surface area contributed by atoms with Crippen molar-refractivity contribution in [3.8, 4) is 5.75 Å². The number of hydrogen-bond acceptors (Lipinski definition) is 3. The second kappa shape index (κ2) is 8.32. The number of carboxylic acid groups (broad SMARTS) is 1. The Hall–Kier alpha value is -1.81. The van der Waals surface area contributed by atoms with Crippen LogP contribution in [0, 0.1) is 0 Å². The molecular formula is C15H20O4. The number of benzene rings is 1. The maximum Gasteiger partial charge on any atom is 0.328 e. The van der Waals surface area contributed by atoms with E-state index in [2.05, 4.69) is 0 Å². The van der Waals surface area contributed by atoms with Crippen molar-refractivity contribution >= 4 is 12.0 Å². The lowest BCUT2D eigenvalue weighted by molar-refractivity contribution is -0.131. The Kier molecular flexibility index (Phi) is 6.68. The number of aliphatic hydroxyl groups is 1. The highest BCUT2D eigenvalue weighted by atomic mass is 16.5. The predicted molar refractivity (Wildman–Crippen MR) is 74.1 cm³/mol. The molecule has 19 heavy (non-hydrogen) atoms. The molecule has 0 fully saturated rings. The lowest BCUT2D eigenvalue weighted by Gasteiger charge is -2.10. The number of rotatable bonds is 8. The van der Waals surface area contributed by atoms with Gasteiger partial charge in [0.25, 0.3) is 0 Å². The Morgan fingerprint density at radius 3 is 2.58 bits per heavy atom. The summed E-state index contributed by atoms with van der Waals surface area (Å²) >= 11 is 0. The van der Waals surface area contributed by atoms with Gasteiger partial charge in [-0.15, -0.1) is 0 Å². The van der Waals surface area contributed by atoms with Gasteiger partial charge in [0.1, 0.15) is 5.75 Å².